The molecule has 102 valence electrons. The van der Waals surface area contributed by atoms with Crippen molar-refractivity contribution in [2.75, 3.05) is 32.5 Å². The molecule has 7 heteroatoms. The van der Waals surface area contributed by atoms with E-state index >= 15 is 0 Å². The van der Waals surface area contributed by atoms with Crippen molar-refractivity contribution in [1.29, 1.82) is 0 Å². The Labute approximate surface area is 112 Å². The third kappa shape index (κ3) is 4.97. The summed E-state index contributed by atoms with van der Waals surface area (Å²) in [5, 5.41) is 11.1. The molecule has 0 radical (unpaired) electrons. The molecular weight excluding hydrogens is 250 g/mol. The van der Waals surface area contributed by atoms with Crippen LogP contribution < -0.4 is 10.6 Å². The van der Waals surface area contributed by atoms with Crippen molar-refractivity contribution in [3.63, 3.8) is 0 Å². The van der Waals surface area contributed by atoms with Gasteiger partial charge in [0.2, 0.25) is 5.91 Å². The summed E-state index contributed by atoms with van der Waals surface area (Å²) in [4.78, 5) is 13.2. The molecule has 0 spiro atoms. The van der Waals surface area contributed by atoms with E-state index in [1.54, 1.807) is 7.05 Å². The molecule has 1 amide bonds. The monoisotopic (exact) mass is 271 g/mol. The van der Waals surface area contributed by atoms with Gasteiger partial charge in [-0.05, 0) is 13.5 Å². The van der Waals surface area contributed by atoms with Crippen LogP contribution in [0.5, 0.6) is 0 Å². The zero-order chi connectivity index (χ0) is 13.4. The minimum Gasteiger partial charge on any atom is -0.374 e. The standard InChI is InChI=1S/C11H21N5OS/c1-4-6-13-11-9(14-15-18-11)8-16(3)7-5-10(17)12-2/h13H,4-8H2,1-3H3,(H,12,17). The molecule has 1 heterocycles. The predicted octanol–water partition coefficient (Wildman–Crippen LogP) is 0.928. The zero-order valence-electron chi connectivity index (χ0n) is 11.2. The largest absolute Gasteiger partial charge is 0.374 e. The number of carbonyl (C=O) groups is 1. The SMILES string of the molecule is CCCNc1snnc1CN(C)CCC(=O)NC. The number of hydrogen-bond donors (Lipinski definition) is 2. The fourth-order valence-electron chi connectivity index (χ4n) is 1.44. The second kappa shape index (κ2) is 7.99. The van der Waals surface area contributed by atoms with E-state index in [1.165, 1.54) is 11.5 Å². The predicted molar refractivity (Wildman–Crippen MR) is 73.7 cm³/mol. The molecule has 1 rings (SSSR count). The molecule has 0 unspecified atom stereocenters. The number of anilines is 1. The number of hydrogen-bond acceptors (Lipinski definition) is 6. The van der Waals surface area contributed by atoms with Crippen LogP contribution in [0.3, 0.4) is 0 Å². The van der Waals surface area contributed by atoms with Gasteiger partial charge in [-0.15, -0.1) is 5.10 Å². The molecule has 0 atom stereocenters. The second-order valence-electron chi connectivity index (χ2n) is 4.14. The Balaban J connectivity index is 2.41. The number of nitrogens with zero attached hydrogens (tertiary/aromatic N) is 3. The third-order valence-electron chi connectivity index (χ3n) is 2.51. The van der Waals surface area contributed by atoms with Crippen LogP contribution in [-0.4, -0.2) is 47.6 Å². The number of amides is 1. The molecule has 0 aliphatic carbocycles. The fraction of sp³-hybridized carbons (Fsp3) is 0.727. The first-order chi connectivity index (χ1) is 8.67. The van der Waals surface area contributed by atoms with Crippen molar-refractivity contribution >= 4 is 22.4 Å². The van der Waals surface area contributed by atoms with Crippen LogP contribution in [0.1, 0.15) is 25.5 Å². The summed E-state index contributed by atoms with van der Waals surface area (Å²) in [6.07, 6.45) is 1.58. The van der Waals surface area contributed by atoms with Crippen LogP contribution in [0.4, 0.5) is 5.00 Å². The van der Waals surface area contributed by atoms with Gasteiger partial charge in [0.15, 0.2) is 0 Å². The Morgan fingerprint density at radius 2 is 2.28 bits per heavy atom. The lowest BCUT2D eigenvalue weighted by Gasteiger charge is -2.15. The van der Waals surface area contributed by atoms with Gasteiger partial charge in [0.05, 0.1) is 0 Å². The number of carbonyl (C=O) groups excluding carboxylic acids is 1. The average Bonchev–Trinajstić information content (AvgIpc) is 2.80. The smallest absolute Gasteiger partial charge is 0.221 e. The Morgan fingerprint density at radius 3 is 2.94 bits per heavy atom. The Morgan fingerprint density at radius 1 is 1.50 bits per heavy atom. The van der Waals surface area contributed by atoms with E-state index in [1.807, 2.05) is 7.05 Å². The molecule has 0 bridgehead atoms. The number of rotatable bonds is 8. The number of aromatic nitrogens is 2. The molecule has 1 aromatic rings. The Kier molecular flexibility index (Phi) is 6.59. The summed E-state index contributed by atoms with van der Waals surface area (Å²) < 4.78 is 3.96. The van der Waals surface area contributed by atoms with E-state index in [0.717, 1.165) is 23.7 Å². The van der Waals surface area contributed by atoms with Crippen molar-refractivity contribution in [3.8, 4) is 0 Å². The molecule has 6 nitrogen and oxygen atoms in total. The minimum atomic E-state index is 0.0579. The normalized spacial score (nSPS) is 10.7. The van der Waals surface area contributed by atoms with E-state index in [9.17, 15) is 4.79 Å². The van der Waals surface area contributed by atoms with E-state index in [0.29, 0.717) is 19.5 Å². The highest BCUT2D eigenvalue weighted by atomic mass is 32.1. The van der Waals surface area contributed by atoms with Gasteiger partial charge < -0.3 is 10.6 Å². The highest BCUT2D eigenvalue weighted by molar-refractivity contribution is 7.10. The van der Waals surface area contributed by atoms with E-state index < -0.39 is 0 Å². The lowest BCUT2D eigenvalue weighted by atomic mass is 10.3. The van der Waals surface area contributed by atoms with Crippen LogP contribution in [0.2, 0.25) is 0 Å². The van der Waals surface area contributed by atoms with Gasteiger partial charge in [-0.3, -0.25) is 9.69 Å². The van der Waals surface area contributed by atoms with E-state index in [-0.39, 0.29) is 5.91 Å². The Hall–Kier alpha value is -1.21. The summed E-state index contributed by atoms with van der Waals surface area (Å²) in [6, 6.07) is 0. The maximum atomic E-state index is 11.2. The van der Waals surface area contributed by atoms with Gasteiger partial charge in [-0.2, -0.15) is 0 Å². The minimum absolute atomic E-state index is 0.0579. The highest BCUT2D eigenvalue weighted by Crippen LogP contribution is 2.18. The van der Waals surface area contributed by atoms with Crippen LogP contribution >= 0.6 is 11.5 Å². The van der Waals surface area contributed by atoms with Gasteiger partial charge >= 0.3 is 0 Å². The summed E-state index contributed by atoms with van der Waals surface area (Å²) in [5.74, 6) is 0.0579. The van der Waals surface area contributed by atoms with Gasteiger partial charge in [0, 0.05) is 44.6 Å². The molecule has 1 aromatic heterocycles. The maximum Gasteiger partial charge on any atom is 0.221 e. The van der Waals surface area contributed by atoms with Crippen LogP contribution in [0, 0.1) is 0 Å². The zero-order valence-corrected chi connectivity index (χ0v) is 12.0. The Bertz CT molecular complexity index is 368. The average molecular weight is 271 g/mol. The molecule has 0 saturated heterocycles. The molecule has 18 heavy (non-hydrogen) atoms. The molecule has 2 N–H and O–H groups in total. The van der Waals surface area contributed by atoms with E-state index in [2.05, 4.69) is 32.0 Å². The molecule has 0 fully saturated rings. The summed E-state index contributed by atoms with van der Waals surface area (Å²) >= 11 is 1.38. The summed E-state index contributed by atoms with van der Waals surface area (Å²) in [7, 11) is 3.63. The maximum absolute atomic E-state index is 11.2. The van der Waals surface area contributed by atoms with Crippen molar-refractivity contribution in [1.82, 2.24) is 19.8 Å². The first-order valence-electron chi connectivity index (χ1n) is 6.11. The van der Waals surface area contributed by atoms with Crippen molar-refractivity contribution in [2.24, 2.45) is 0 Å². The number of nitrogens with one attached hydrogen (secondary N) is 2. The summed E-state index contributed by atoms with van der Waals surface area (Å²) in [5.41, 5.74) is 0.952. The van der Waals surface area contributed by atoms with Gasteiger partial charge in [0.1, 0.15) is 10.7 Å². The van der Waals surface area contributed by atoms with Crippen LogP contribution in [0.25, 0.3) is 0 Å². The molecule has 0 aliphatic rings. The lowest BCUT2D eigenvalue weighted by Crippen LogP contribution is -2.26. The van der Waals surface area contributed by atoms with Crippen LogP contribution in [0.15, 0.2) is 0 Å². The highest BCUT2D eigenvalue weighted by Gasteiger charge is 2.10. The molecular formula is C11H21N5OS. The van der Waals surface area contributed by atoms with Crippen molar-refractivity contribution in [3.05, 3.63) is 5.69 Å². The first-order valence-corrected chi connectivity index (χ1v) is 6.89. The van der Waals surface area contributed by atoms with Gasteiger partial charge in [-0.25, -0.2) is 0 Å². The fourth-order valence-corrected chi connectivity index (χ4v) is 2.04. The topological polar surface area (TPSA) is 70.2 Å². The van der Waals surface area contributed by atoms with Gasteiger partial charge in [-0.1, -0.05) is 11.4 Å². The summed E-state index contributed by atoms with van der Waals surface area (Å²) in [6.45, 7) is 4.47. The second-order valence-corrected chi connectivity index (χ2v) is 4.89. The van der Waals surface area contributed by atoms with E-state index in [4.69, 9.17) is 0 Å². The molecule has 0 aromatic carbocycles. The first kappa shape index (κ1) is 14.8. The lowest BCUT2D eigenvalue weighted by molar-refractivity contribution is -0.120. The van der Waals surface area contributed by atoms with Crippen LogP contribution in [-0.2, 0) is 11.3 Å². The van der Waals surface area contributed by atoms with Crippen molar-refractivity contribution in [2.45, 2.75) is 26.3 Å². The molecule has 0 aliphatic heterocycles. The van der Waals surface area contributed by atoms with Crippen molar-refractivity contribution < 1.29 is 4.79 Å². The third-order valence-corrected chi connectivity index (χ3v) is 3.24. The quantitative estimate of drug-likeness (QED) is 0.736. The van der Waals surface area contributed by atoms with Gasteiger partial charge in [0.25, 0.3) is 0 Å². The molecule has 0 saturated carbocycles.